The normalized spacial score (nSPS) is 19.3. The average Bonchev–Trinajstić information content (AvgIpc) is 2.71. The second-order valence-corrected chi connectivity index (χ2v) is 5.98. The van der Waals surface area contributed by atoms with Gasteiger partial charge in [-0.15, -0.1) is 0 Å². The third-order valence-corrected chi connectivity index (χ3v) is 4.35. The number of hydrogen-bond acceptors (Lipinski definition) is 3. The third kappa shape index (κ3) is 2.83. The van der Waals surface area contributed by atoms with Crippen molar-refractivity contribution in [3.63, 3.8) is 0 Å². The Morgan fingerprint density at radius 1 is 1.29 bits per heavy atom. The van der Waals surface area contributed by atoms with Crippen molar-refractivity contribution < 1.29 is 0 Å². The Morgan fingerprint density at radius 2 is 1.94 bits per heavy atom. The Hall–Kier alpha value is -0.960. The summed E-state index contributed by atoms with van der Waals surface area (Å²) in [5, 5.41) is 5.21. The molecule has 92 valence electrons. The molecule has 17 heavy (non-hydrogen) atoms. The first-order valence-electron chi connectivity index (χ1n) is 6.16. The standard InChI is InChI=1S/C14H20N2S/c1-5-12-8-15-14(17-12)16-13-10(3)6-9(2)7-11(13)4/h6-7,12H,5,8H2,1-4H3,(H,15,16). The molecule has 2 nitrogen and oxygen atoms in total. The minimum atomic E-state index is 0.656. The van der Waals surface area contributed by atoms with Crippen LogP contribution in [-0.4, -0.2) is 17.0 Å². The Kier molecular flexibility index (Phi) is 3.77. The molecule has 0 aromatic heterocycles. The molecule has 0 aliphatic carbocycles. The summed E-state index contributed by atoms with van der Waals surface area (Å²) in [5.74, 6) is 0. The molecule has 0 saturated heterocycles. The number of rotatable bonds is 2. The fourth-order valence-corrected chi connectivity index (χ4v) is 3.12. The molecule has 1 N–H and O–H groups in total. The molecule has 1 heterocycles. The van der Waals surface area contributed by atoms with E-state index in [-0.39, 0.29) is 0 Å². The Balaban J connectivity index is 2.15. The predicted molar refractivity (Wildman–Crippen MR) is 78.2 cm³/mol. The summed E-state index contributed by atoms with van der Waals surface area (Å²) < 4.78 is 0. The molecule has 0 radical (unpaired) electrons. The highest BCUT2D eigenvalue weighted by molar-refractivity contribution is 8.15. The second kappa shape index (κ2) is 5.13. The number of anilines is 1. The summed E-state index contributed by atoms with van der Waals surface area (Å²) in [7, 11) is 0. The summed E-state index contributed by atoms with van der Waals surface area (Å²) in [5.41, 5.74) is 5.13. The number of hydrogen-bond donors (Lipinski definition) is 1. The lowest BCUT2D eigenvalue weighted by Gasteiger charge is -2.13. The van der Waals surface area contributed by atoms with E-state index < -0.39 is 0 Å². The lowest BCUT2D eigenvalue weighted by atomic mass is 10.1. The van der Waals surface area contributed by atoms with E-state index in [4.69, 9.17) is 0 Å². The summed E-state index contributed by atoms with van der Waals surface area (Å²) in [6.45, 7) is 9.62. The predicted octanol–water partition coefficient (Wildman–Crippen LogP) is 3.91. The van der Waals surface area contributed by atoms with Gasteiger partial charge in [-0.2, -0.15) is 0 Å². The maximum Gasteiger partial charge on any atom is 0.161 e. The van der Waals surface area contributed by atoms with Crippen LogP contribution >= 0.6 is 11.8 Å². The van der Waals surface area contributed by atoms with Crippen LogP contribution in [0.5, 0.6) is 0 Å². The molecule has 1 aromatic rings. The zero-order valence-electron chi connectivity index (χ0n) is 11.0. The van der Waals surface area contributed by atoms with E-state index >= 15 is 0 Å². The largest absolute Gasteiger partial charge is 0.335 e. The summed E-state index contributed by atoms with van der Waals surface area (Å²) >= 11 is 1.87. The van der Waals surface area contributed by atoms with Crippen molar-refractivity contribution in [1.82, 2.24) is 0 Å². The molecule has 0 saturated carbocycles. The van der Waals surface area contributed by atoms with Crippen LogP contribution < -0.4 is 5.32 Å². The zero-order valence-corrected chi connectivity index (χ0v) is 11.8. The Bertz CT molecular complexity index is 429. The van der Waals surface area contributed by atoms with Crippen LogP contribution in [0.15, 0.2) is 17.1 Å². The number of nitrogens with one attached hydrogen (secondary N) is 1. The molecule has 0 fully saturated rings. The number of thioether (sulfide) groups is 1. The molecule has 1 aromatic carbocycles. The topological polar surface area (TPSA) is 24.4 Å². The number of amidine groups is 1. The first kappa shape index (κ1) is 12.5. The van der Waals surface area contributed by atoms with Crippen molar-refractivity contribution in [3.8, 4) is 0 Å². The van der Waals surface area contributed by atoms with E-state index in [9.17, 15) is 0 Å². The number of benzene rings is 1. The van der Waals surface area contributed by atoms with Crippen molar-refractivity contribution in [2.45, 2.75) is 39.4 Å². The van der Waals surface area contributed by atoms with Crippen LogP contribution in [0.2, 0.25) is 0 Å². The van der Waals surface area contributed by atoms with Crippen molar-refractivity contribution in [1.29, 1.82) is 0 Å². The van der Waals surface area contributed by atoms with Crippen LogP contribution in [0, 0.1) is 20.8 Å². The van der Waals surface area contributed by atoms with E-state index in [0.717, 1.165) is 11.7 Å². The minimum absolute atomic E-state index is 0.656. The quantitative estimate of drug-likeness (QED) is 0.858. The van der Waals surface area contributed by atoms with Gasteiger partial charge in [0, 0.05) is 10.9 Å². The van der Waals surface area contributed by atoms with Gasteiger partial charge in [0.15, 0.2) is 5.17 Å². The van der Waals surface area contributed by atoms with E-state index in [0.29, 0.717) is 5.25 Å². The van der Waals surface area contributed by atoms with Crippen molar-refractivity contribution in [2.24, 2.45) is 4.99 Å². The minimum Gasteiger partial charge on any atom is -0.335 e. The van der Waals surface area contributed by atoms with Crippen LogP contribution in [0.4, 0.5) is 5.69 Å². The summed E-state index contributed by atoms with van der Waals surface area (Å²) in [6.07, 6.45) is 1.19. The monoisotopic (exact) mass is 248 g/mol. The average molecular weight is 248 g/mol. The highest BCUT2D eigenvalue weighted by Gasteiger charge is 2.18. The molecule has 1 aliphatic heterocycles. The van der Waals surface area contributed by atoms with Gasteiger partial charge >= 0.3 is 0 Å². The Labute approximate surface area is 108 Å². The fourth-order valence-electron chi connectivity index (χ4n) is 2.18. The maximum absolute atomic E-state index is 4.56. The van der Waals surface area contributed by atoms with Gasteiger partial charge in [0.25, 0.3) is 0 Å². The smallest absolute Gasteiger partial charge is 0.161 e. The first-order valence-corrected chi connectivity index (χ1v) is 7.04. The van der Waals surface area contributed by atoms with Gasteiger partial charge in [0.05, 0.1) is 6.54 Å². The molecule has 0 spiro atoms. The summed E-state index contributed by atoms with van der Waals surface area (Å²) in [6, 6.07) is 4.43. The van der Waals surface area contributed by atoms with Crippen LogP contribution in [0.3, 0.4) is 0 Å². The lowest BCUT2D eigenvalue weighted by Crippen LogP contribution is -2.09. The molecular weight excluding hydrogens is 228 g/mol. The molecule has 1 atom stereocenters. The SMILES string of the molecule is CCC1CN=C(Nc2c(C)cc(C)cc2C)S1. The number of nitrogens with zero attached hydrogens (tertiary/aromatic N) is 1. The van der Waals surface area contributed by atoms with Crippen LogP contribution in [0.25, 0.3) is 0 Å². The van der Waals surface area contributed by atoms with E-state index in [1.165, 1.54) is 28.8 Å². The van der Waals surface area contributed by atoms with Gasteiger partial charge in [0.1, 0.15) is 0 Å². The van der Waals surface area contributed by atoms with Crippen molar-refractivity contribution in [2.75, 3.05) is 11.9 Å². The highest BCUT2D eigenvalue weighted by atomic mass is 32.2. The van der Waals surface area contributed by atoms with Crippen molar-refractivity contribution in [3.05, 3.63) is 28.8 Å². The second-order valence-electron chi connectivity index (χ2n) is 4.69. The number of aliphatic imine (C=N–C) groups is 1. The molecule has 3 heteroatoms. The first-order chi connectivity index (χ1) is 8.10. The van der Waals surface area contributed by atoms with E-state index in [1.54, 1.807) is 0 Å². The van der Waals surface area contributed by atoms with Crippen LogP contribution in [-0.2, 0) is 0 Å². The fraction of sp³-hybridized carbons (Fsp3) is 0.500. The molecule has 2 rings (SSSR count). The van der Waals surface area contributed by atoms with Crippen molar-refractivity contribution >= 4 is 22.6 Å². The molecular formula is C14H20N2S. The van der Waals surface area contributed by atoms with Gasteiger partial charge in [-0.05, 0) is 38.3 Å². The van der Waals surface area contributed by atoms with Gasteiger partial charge in [-0.1, -0.05) is 36.4 Å². The van der Waals surface area contributed by atoms with E-state index in [1.807, 2.05) is 11.8 Å². The molecule has 1 aliphatic rings. The van der Waals surface area contributed by atoms with Gasteiger partial charge in [-0.25, -0.2) is 0 Å². The molecule has 0 amide bonds. The molecule has 0 bridgehead atoms. The maximum atomic E-state index is 4.56. The van der Waals surface area contributed by atoms with Gasteiger partial charge < -0.3 is 5.32 Å². The van der Waals surface area contributed by atoms with Gasteiger partial charge in [0.2, 0.25) is 0 Å². The Morgan fingerprint density at radius 3 is 2.47 bits per heavy atom. The van der Waals surface area contributed by atoms with Crippen LogP contribution in [0.1, 0.15) is 30.0 Å². The van der Waals surface area contributed by atoms with E-state index in [2.05, 4.69) is 50.1 Å². The number of aryl methyl sites for hydroxylation is 3. The lowest BCUT2D eigenvalue weighted by molar-refractivity contribution is 0.843. The zero-order chi connectivity index (χ0) is 12.4. The summed E-state index contributed by atoms with van der Waals surface area (Å²) in [4.78, 5) is 4.56. The third-order valence-electron chi connectivity index (χ3n) is 3.08. The molecule has 1 unspecified atom stereocenters. The van der Waals surface area contributed by atoms with Gasteiger partial charge in [-0.3, -0.25) is 4.99 Å². The highest BCUT2D eigenvalue weighted by Crippen LogP contribution is 2.28.